The Bertz CT molecular complexity index is 149. The maximum absolute atomic E-state index is 9.04. The van der Waals surface area contributed by atoms with E-state index in [-0.39, 0.29) is 12.0 Å². The van der Waals surface area contributed by atoms with Crippen LogP contribution in [0.2, 0.25) is 0 Å². The van der Waals surface area contributed by atoms with Crippen molar-refractivity contribution in [1.82, 2.24) is 0 Å². The van der Waals surface area contributed by atoms with E-state index in [1.165, 1.54) is 0 Å². The van der Waals surface area contributed by atoms with E-state index in [0.717, 1.165) is 19.3 Å². The zero-order chi connectivity index (χ0) is 10.3. The van der Waals surface area contributed by atoms with Crippen LogP contribution < -0.4 is 0 Å². The van der Waals surface area contributed by atoms with E-state index >= 15 is 0 Å². The lowest BCUT2D eigenvalue weighted by Gasteiger charge is -2.35. The van der Waals surface area contributed by atoms with Crippen LogP contribution in [0.1, 0.15) is 33.1 Å². The first kappa shape index (κ1) is 12.4. The molecule has 0 spiro atoms. The molecule has 13 heavy (non-hydrogen) atoms. The second-order valence-corrected chi connectivity index (χ2v) is 3.98. The van der Waals surface area contributed by atoms with Gasteiger partial charge in [-0.25, -0.2) is 0 Å². The number of hydrogen-bond acceptors (Lipinski definition) is 1. The number of allylic oxidation sites excluding steroid dienone is 2. The maximum atomic E-state index is 9.04. The number of rotatable bonds is 7. The molecule has 0 radical (unpaired) electrons. The highest BCUT2D eigenvalue weighted by Crippen LogP contribution is 2.39. The van der Waals surface area contributed by atoms with Crippen molar-refractivity contribution < 1.29 is 5.11 Å². The fourth-order valence-corrected chi connectivity index (χ4v) is 1.85. The zero-order valence-corrected chi connectivity index (χ0v) is 8.92. The smallest absolute Gasteiger partial charge is 0.0436 e. The number of aliphatic hydroxyl groups is 1. The number of hydrogen-bond donors (Lipinski definition) is 1. The van der Waals surface area contributed by atoms with E-state index in [9.17, 15) is 0 Å². The van der Waals surface area contributed by atoms with Gasteiger partial charge < -0.3 is 5.11 Å². The predicted octanol–water partition coefficient (Wildman–Crippen LogP) is 3.16. The van der Waals surface area contributed by atoms with Crippen molar-refractivity contribution in [1.29, 1.82) is 0 Å². The summed E-state index contributed by atoms with van der Waals surface area (Å²) in [5.41, 5.74) is 0.165. The summed E-state index contributed by atoms with van der Waals surface area (Å²) >= 11 is 0. The van der Waals surface area contributed by atoms with Gasteiger partial charge in [0.2, 0.25) is 0 Å². The van der Waals surface area contributed by atoms with Crippen LogP contribution in [0.25, 0.3) is 0 Å². The van der Waals surface area contributed by atoms with E-state index < -0.39 is 0 Å². The highest BCUT2D eigenvalue weighted by atomic mass is 16.3. The Morgan fingerprint density at radius 1 is 1.23 bits per heavy atom. The summed E-state index contributed by atoms with van der Waals surface area (Å²) in [6.45, 7) is 12.2. The van der Waals surface area contributed by atoms with Crippen molar-refractivity contribution in [2.75, 3.05) is 6.61 Å². The normalized spacial score (nSPS) is 11.7. The third kappa shape index (κ3) is 3.35. The van der Waals surface area contributed by atoms with Crippen molar-refractivity contribution in [2.24, 2.45) is 11.3 Å². The summed E-state index contributed by atoms with van der Waals surface area (Å²) in [6.07, 6.45) is 6.63. The van der Waals surface area contributed by atoms with Gasteiger partial charge in [-0.1, -0.05) is 26.0 Å². The van der Waals surface area contributed by atoms with Crippen LogP contribution in [0, 0.1) is 11.3 Å². The van der Waals surface area contributed by atoms with E-state index in [4.69, 9.17) is 5.11 Å². The quantitative estimate of drug-likeness (QED) is 0.600. The minimum atomic E-state index is 0.165. The Balaban J connectivity index is 4.56. The predicted molar refractivity (Wildman–Crippen MR) is 58.6 cm³/mol. The van der Waals surface area contributed by atoms with Gasteiger partial charge in [0.25, 0.3) is 0 Å². The van der Waals surface area contributed by atoms with Crippen LogP contribution in [-0.2, 0) is 0 Å². The third-order valence-electron chi connectivity index (χ3n) is 2.94. The van der Waals surface area contributed by atoms with Crippen LogP contribution in [0.15, 0.2) is 25.3 Å². The first-order chi connectivity index (χ1) is 6.13. The summed E-state index contributed by atoms with van der Waals surface area (Å²) < 4.78 is 0. The van der Waals surface area contributed by atoms with Crippen LogP contribution in [0.5, 0.6) is 0 Å². The van der Waals surface area contributed by atoms with Gasteiger partial charge in [-0.3, -0.25) is 0 Å². The van der Waals surface area contributed by atoms with Crippen molar-refractivity contribution in [2.45, 2.75) is 33.1 Å². The molecule has 76 valence electrons. The molecule has 0 rings (SSSR count). The lowest BCUT2D eigenvalue weighted by Crippen LogP contribution is -2.27. The minimum Gasteiger partial charge on any atom is -0.396 e. The van der Waals surface area contributed by atoms with Gasteiger partial charge in [-0.05, 0) is 30.6 Å². The van der Waals surface area contributed by atoms with Gasteiger partial charge in [0.15, 0.2) is 0 Å². The fraction of sp³-hybridized carbons (Fsp3) is 0.667. The third-order valence-corrected chi connectivity index (χ3v) is 2.94. The van der Waals surface area contributed by atoms with Crippen molar-refractivity contribution in [3.8, 4) is 0 Å². The lowest BCUT2D eigenvalue weighted by molar-refractivity contribution is 0.130. The average Bonchev–Trinajstić information content (AvgIpc) is 2.05. The average molecular weight is 182 g/mol. The largest absolute Gasteiger partial charge is 0.396 e. The summed E-state index contributed by atoms with van der Waals surface area (Å²) in [7, 11) is 0. The molecule has 0 amide bonds. The minimum absolute atomic E-state index is 0.165. The zero-order valence-electron chi connectivity index (χ0n) is 8.92. The van der Waals surface area contributed by atoms with Gasteiger partial charge in [0.1, 0.15) is 0 Å². The lowest BCUT2D eigenvalue weighted by atomic mass is 9.70. The Labute approximate surface area is 82.2 Å². The van der Waals surface area contributed by atoms with Crippen molar-refractivity contribution in [3.05, 3.63) is 25.3 Å². The Kier molecular flexibility index (Phi) is 5.72. The molecule has 0 aromatic heterocycles. The molecule has 0 aromatic rings. The molecule has 0 atom stereocenters. The summed E-state index contributed by atoms with van der Waals surface area (Å²) in [5.74, 6) is 0.552. The van der Waals surface area contributed by atoms with E-state index in [1.807, 2.05) is 12.2 Å². The summed E-state index contributed by atoms with van der Waals surface area (Å²) in [6, 6.07) is 0. The van der Waals surface area contributed by atoms with Crippen LogP contribution in [0.4, 0.5) is 0 Å². The second-order valence-electron chi connectivity index (χ2n) is 3.98. The number of aliphatic hydroxyl groups excluding tert-OH is 1. The molecule has 0 aliphatic carbocycles. The first-order valence-electron chi connectivity index (χ1n) is 4.95. The van der Waals surface area contributed by atoms with E-state index in [0.29, 0.717) is 5.92 Å². The molecule has 0 aromatic carbocycles. The monoisotopic (exact) mass is 182 g/mol. The van der Waals surface area contributed by atoms with Gasteiger partial charge in [-0.2, -0.15) is 0 Å². The molecule has 1 nitrogen and oxygen atoms in total. The first-order valence-corrected chi connectivity index (χ1v) is 4.95. The molecule has 0 aliphatic rings. The molecule has 0 heterocycles. The standard InChI is InChI=1S/C12H22O/c1-5-7-12(8-6-2,9-10-13)11(3)4/h5-6,11,13H,1-2,7-10H2,3-4H3. The molecule has 0 bridgehead atoms. The molecule has 0 aliphatic heterocycles. The van der Waals surface area contributed by atoms with Gasteiger partial charge in [0.05, 0.1) is 0 Å². The second kappa shape index (κ2) is 5.98. The highest BCUT2D eigenvalue weighted by molar-refractivity contribution is 4.93. The van der Waals surface area contributed by atoms with Crippen LogP contribution >= 0.6 is 0 Å². The van der Waals surface area contributed by atoms with Crippen molar-refractivity contribution in [3.63, 3.8) is 0 Å². The molecular weight excluding hydrogens is 160 g/mol. The molecule has 0 fully saturated rings. The SMILES string of the molecule is C=CCC(CC=C)(CCO)C(C)C. The van der Waals surface area contributed by atoms with E-state index in [1.54, 1.807) is 0 Å². The Morgan fingerprint density at radius 3 is 1.92 bits per heavy atom. The maximum Gasteiger partial charge on any atom is 0.0436 e. The molecular formula is C12H22O. The van der Waals surface area contributed by atoms with Crippen LogP contribution in [-0.4, -0.2) is 11.7 Å². The Hall–Kier alpha value is -0.560. The van der Waals surface area contributed by atoms with Crippen molar-refractivity contribution >= 4 is 0 Å². The fourth-order valence-electron chi connectivity index (χ4n) is 1.85. The molecule has 0 saturated heterocycles. The molecule has 0 unspecified atom stereocenters. The molecule has 0 saturated carbocycles. The molecule has 1 N–H and O–H groups in total. The highest BCUT2D eigenvalue weighted by Gasteiger charge is 2.30. The van der Waals surface area contributed by atoms with E-state index in [2.05, 4.69) is 27.0 Å². The summed E-state index contributed by atoms with van der Waals surface area (Å²) in [5, 5.41) is 9.04. The van der Waals surface area contributed by atoms with Gasteiger partial charge in [-0.15, -0.1) is 13.2 Å². The molecule has 1 heteroatoms. The Morgan fingerprint density at radius 2 is 1.69 bits per heavy atom. The van der Waals surface area contributed by atoms with Crippen LogP contribution in [0.3, 0.4) is 0 Å². The topological polar surface area (TPSA) is 20.2 Å². The summed E-state index contributed by atoms with van der Waals surface area (Å²) in [4.78, 5) is 0. The van der Waals surface area contributed by atoms with Gasteiger partial charge >= 0.3 is 0 Å². The van der Waals surface area contributed by atoms with Gasteiger partial charge in [0, 0.05) is 6.61 Å².